The standard InChI is InChI=1S/C18H27N3O.HI/c1-19-17(20-13-16-9-5-12-22-16)21-14-18(10-6-11-18)15-7-3-2-4-8-15;/h2-4,7-8,16H,5-6,9-14H2,1H3,(H2,19,20,21);1H. The average Bonchev–Trinajstić information content (AvgIpc) is 3.03. The van der Waals surface area contributed by atoms with Gasteiger partial charge in [0.2, 0.25) is 0 Å². The fourth-order valence-electron chi connectivity index (χ4n) is 3.45. The first kappa shape index (κ1) is 18.5. The quantitative estimate of drug-likeness (QED) is 0.430. The van der Waals surface area contributed by atoms with E-state index in [-0.39, 0.29) is 29.4 Å². The Morgan fingerprint density at radius 1 is 1.22 bits per heavy atom. The van der Waals surface area contributed by atoms with E-state index in [1.54, 1.807) is 0 Å². The van der Waals surface area contributed by atoms with Gasteiger partial charge in [0.25, 0.3) is 0 Å². The number of nitrogens with zero attached hydrogens (tertiary/aromatic N) is 1. The van der Waals surface area contributed by atoms with Crippen LogP contribution in [0, 0.1) is 0 Å². The van der Waals surface area contributed by atoms with E-state index in [2.05, 4.69) is 46.0 Å². The lowest BCUT2D eigenvalue weighted by Crippen LogP contribution is -2.49. The fraction of sp³-hybridized carbons (Fsp3) is 0.611. The zero-order valence-electron chi connectivity index (χ0n) is 13.9. The maximum absolute atomic E-state index is 5.65. The maximum atomic E-state index is 5.65. The van der Waals surface area contributed by atoms with Gasteiger partial charge in [-0.1, -0.05) is 36.8 Å². The smallest absolute Gasteiger partial charge is 0.191 e. The van der Waals surface area contributed by atoms with Gasteiger partial charge in [-0.05, 0) is 31.2 Å². The van der Waals surface area contributed by atoms with Crippen molar-refractivity contribution >= 4 is 29.9 Å². The lowest BCUT2D eigenvalue weighted by molar-refractivity contribution is 0.113. The number of hydrogen-bond donors (Lipinski definition) is 2. The molecule has 1 saturated heterocycles. The molecule has 0 bridgehead atoms. The topological polar surface area (TPSA) is 45.7 Å². The summed E-state index contributed by atoms with van der Waals surface area (Å²) in [6, 6.07) is 10.9. The number of halogens is 1. The SMILES string of the molecule is CN=C(NCC1CCCO1)NCC1(c2ccccc2)CCC1.I. The molecule has 5 heteroatoms. The molecule has 0 radical (unpaired) electrons. The van der Waals surface area contributed by atoms with Gasteiger partial charge in [0, 0.05) is 32.2 Å². The molecule has 0 aromatic heterocycles. The van der Waals surface area contributed by atoms with Crippen LogP contribution in [-0.2, 0) is 10.2 Å². The fourth-order valence-corrected chi connectivity index (χ4v) is 3.45. The third-order valence-electron chi connectivity index (χ3n) is 5.04. The Bertz CT molecular complexity index is 496. The van der Waals surface area contributed by atoms with Crippen LogP contribution in [0.25, 0.3) is 0 Å². The van der Waals surface area contributed by atoms with E-state index in [1.165, 1.54) is 31.2 Å². The lowest BCUT2D eigenvalue weighted by atomic mass is 9.64. The molecule has 1 aliphatic carbocycles. The molecule has 128 valence electrons. The predicted octanol–water partition coefficient (Wildman–Crippen LogP) is 3.07. The highest BCUT2D eigenvalue weighted by Gasteiger charge is 2.38. The summed E-state index contributed by atoms with van der Waals surface area (Å²) >= 11 is 0. The van der Waals surface area contributed by atoms with E-state index >= 15 is 0 Å². The zero-order chi connectivity index (χ0) is 15.3. The van der Waals surface area contributed by atoms with Gasteiger partial charge in [-0.15, -0.1) is 24.0 Å². The van der Waals surface area contributed by atoms with Crippen LogP contribution in [0.15, 0.2) is 35.3 Å². The third-order valence-corrected chi connectivity index (χ3v) is 5.04. The minimum atomic E-state index is 0. The Morgan fingerprint density at radius 3 is 2.57 bits per heavy atom. The van der Waals surface area contributed by atoms with E-state index in [1.807, 2.05) is 7.05 Å². The number of guanidine groups is 1. The van der Waals surface area contributed by atoms with Gasteiger partial charge in [0.15, 0.2) is 5.96 Å². The van der Waals surface area contributed by atoms with E-state index in [9.17, 15) is 0 Å². The van der Waals surface area contributed by atoms with Crippen LogP contribution in [0.1, 0.15) is 37.7 Å². The summed E-state index contributed by atoms with van der Waals surface area (Å²) in [5, 5.41) is 6.92. The van der Waals surface area contributed by atoms with Crippen molar-refractivity contribution in [2.75, 3.05) is 26.7 Å². The molecule has 1 saturated carbocycles. The number of hydrogen-bond acceptors (Lipinski definition) is 2. The minimum absolute atomic E-state index is 0. The average molecular weight is 429 g/mol. The lowest BCUT2D eigenvalue weighted by Gasteiger charge is -2.43. The Morgan fingerprint density at radius 2 is 2.00 bits per heavy atom. The molecule has 0 amide bonds. The number of rotatable bonds is 5. The molecule has 23 heavy (non-hydrogen) atoms. The highest BCUT2D eigenvalue weighted by molar-refractivity contribution is 14.0. The summed E-state index contributed by atoms with van der Waals surface area (Å²) in [5.74, 6) is 0.887. The zero-order valence-corrected chi connectivity index (χ0v) is 16.2. The van der Waals surface area contributed by atoms with Gasteiger partial charge in [-0.2, -0.15) is 0 Å². The molecule has 2 aliphatic rings. The Kier molecular flexibility index (Phi) is 7.14. The molecule has 2 N–H and O–H groups in total. The monoisotopic (exact) mass is 429 g/mol. The summed E-state index contributed by atoms with van der Waals surface area (Å²) < 4.78 is 5.65. The van der Waals surface area contributed by atoms with Gasteiger partial charge in [0.1, 0.15) is 0 Å². The van der Waals surface area contributed by atoms with Crippen LogP contribution in [-0.4, -0.2) is 38.8 Å². The van der Waals surface area contributed by atoms with Crippen LogP contribution in [0.2, 0.25) is 0 Å². The van der Waals surface area contributed by atoms with Crippen LogP contribution in [0.4, 0.5) is 0 Å². The number of aliphatic imine (C=N–C) groups is 1. The molecule has 1 unspecified atom stereocenters. The second-order valence-electron chi connectivity index (χ2n) is 6.44. The molecule has 2 fully saturated rings. The summed E-state index contributed by atoms with van der Waals surface area (Å²) in [6.07, 6.45) is 6.50. The van der Waals surface area contributed by atoms with Crippen LogP contribution in [0.5, 0.6) is 0 Å². The van der Waals surface area contributed by atoms with Gasteiger partial charge < -0.3 is 15.4 Å². The summed E-state index contributed by atoms with van der Waals surface area (Å²) in [4.78, 5) is 4.34. The van der Waals surface area contributed by atoms with Gasteiger partial charge in [-0.25, -0.2) is 0 Å². The predicted molar refractivity (Wildman–Crippen MR) is 106 cm³/mol. The van der Waals surface area contributed by atoms with Crippen molar-refractivity contribution < 1.29 is 4.74 Å². The molecule has 3 rings (SSSR count). The maximum Gasteiger partial charge on any atom is 0.191 e. The second-order valence-corrected chi connectivity index (χ2v) is 6.44. The van der Waals surface area contributed by atoms with E-state index < -0.39 is 0 Å². The van der Waals surface area contributed by atoms with Crippen LogP contribution in [0.3, 0.4) is 0 Å². The van der Waals surface area contributed by atoms with Crippen LogP contribution < -0.4 is 10.6 Å². The molecular weight excluding hydrogens is 401 g/mol. The van der Waals surface area contributed by atoms with Crippen molar-refractivity contribution in [3.8, 4) is 0 Å². The van der Waals surface area contributed by atoms with Gasteiger partial charge >= 0.3 is 0 Å². The van der Waals surface area contributed by atoms with Crippen molar-refractivity contribution in [1.82, 2.24) is 10.6 Å². The van der Waals surface area contributed by atoms with Crippen LogP contribution >= 0.6 is 24.0 Å². The molecule has 0 spiro atoms. The summed E-state index contributed by atoms with van der Waals surface area (Å²) in [5.41, 5.74) is 1.73. The van der Waals surface area contributed by atoms with Gasteiger partial charge in [-0.3, -0.25) is 4.99 Å². The Hall–Kier alpha value is -0.820. The van der Waals surface area contributed by atoms with Crippen molar-refractivity contribution in [1.29, 1.82) is 0 Å². The number of benzene rings is 1. The first-order valence-corrected chi connectivity index (χ1v) is 8.44. The molecule has 1 aromatic carbocycles. The minimum Gasteiger partial charge on any atom is -0.376 e. The second kappa shape index (κ2) is 8.87. The molecule has 1 aromatic rings. The first-order chi connectivity index (χ1) is 10.8. The normalized spacial score (nSPS) is 22.8. The Balaban J connectivity index is 0.00000192. The Labute approximate surface area is 156 Å². The highest BCUT2D eigenvalue weighted by atomic mass is 127. The summed E-state index contributed by atoms with van der Waals surface area (Å²) in [7, 11) is 1.83. The molecule has 1 aliphatic heterocycles. The third kappa shape index (κ3) is 4.59. The molecular formula is C18H28IN3O. The van der Waals surface area contributed by atoms with Crippen molar-refractivity contribution in [2.24, 2.45) is 4.99 Å². The van der Waals surface area contributed by atoms with Crippen molar-refractivity contribution in [3.63, 3.8) is 0 Å². The van der Waals surface area contributed by atoms with Crippen molar-refractivity contribution in [3.05, 3.63) is 35.9 Å². The molecule has 1 heterocycles. The highest BCUT2D eigenvalue weighted by Crippen LogP contribution is 2.43. The summed E-state index contributed by atoms with van der Waals surface area (Å²) in [6.45, 7) is 2.69. The number of nitrogens with one attached hydrogen (secondary N) is 2. The number of ether oxygens (including phenoxy) is 1. The largest absolute Gasteiger partial charge is 0.376 e. The van der Waals surface area contributed by atoms with E-state index in [0.29, 0.717) is 6.10 Å². The van der Waals surface area contributed by atoms with Crippen molar-refractivity contribution in [2.45, 2.75) is 43.6 Å². The van der Waals surface area contributed by atoms with E-state index in [4.69, 9.17) is 4.74 Å². The molecule has 1 atom stereocenters. The van der Waals surface area contributed by atoms with Gasteiger partial charge in [0.05, 0.1) is 6.10 Å². The van der Waals surface area contributed by atoms with E-state index in [0.717, 1.165) is 32.1 Å². The first-order valence-electron chi connectivity index (χ1n) is 8.44. The molecule has 4 nitrogen and oxygen atoms in total.